The topological polar surface area (TPSA) is 48.6 Å². The molecule has 1 N–H and O–H groups in total. The van der Waals surface area contributed by atoms with Crippen molar-refractivity contribution in [3.8, 4) is 0 Å². The van der Waals surface area contributed by atoms with Gasteiger partial charge in [-0.2, -0.15) is 0 Å². The van der Waals surface area contributed by atoms with Crippen LogP contribution in [0.3, 0.4) is 0 Å². The van der Waals surface area contributed by atoms with Crippen molar-refractivity contribution in [1.29, 1.82) is 0 Å². The first kappa shape index (κ1) is 14.3. The normalized spacial score (nSPS) is 29.9. The molecular weight excluding hydrogens is 278 g/mol. The third-order valence-corrected chi connectivity index (χ3v) is 5.61. The van der Waals surface area contributed by atoms with E-state index in [9.17, 15) is 4.79 Å². The highest BCUT2D eigenvalue weighted by molar-refractivity contribution is 5.92. The predicted molar refractivity (Wildman–Crippen MR) is 83.8 cm³/mol. The van der Waals surface area contributed by atoms with Crippen LogP contribution >= 0.6 is 0 Å². The molecule has 0 aliphatic carbocycles. The number of hydrogen-bond acceptors (Lipinski definition) is 3. The van der Waals surface area contributed by atoms with Gasteiger partial charge in [0.2, 0.25) is 0 Å². The summed E-state index contributed by atoms with van der Waals surface area (Å²) in [4.78, 5) is 20.4. The molecule has 1 aromatic heterocycles. The van der Waals surface area contributed by atoms with Crippen molar-refractivity contribution in [3.63, 3.8) is 0 Å². The lowest BCUT2D eigenvalue weighted by Gasteiger charge is -2.30. The Morgan fingerprint density at radius 1 is 1.18 bits per heavy atom. The molecule has 4 heterocycles. The SMILES string of the molecule is O=C(c1ccc[nH]1)N1CC[C@H]2[C@H]1CCN2CC1CCOCC1. The van der Waals surface area contributed by atoms with Crippen LogP contribution in [-0.2, 0) is 4.74 Å². The highest BCUT2D eigenvalue weighted by Crippen LogP contribution is 2.33. The molecule has 1 aromatic rings. The fourth-order valence-corrected chi connectivity index (χ4v) is 4.43. The molecule has 0 saturated carbocycles. The van der Waals surface area contributed by atoms with Crippen LogP contribution in [0.5, 0.6) is 0 Å². The van der Waals surface area contributed by atoms with Crippen LogP contribution in [0.1, 0.15) is 36.2 Å². The average molecular weight is 303 g/mol. The number of carbonyl (C=O) groups excluding carboxylic acids is 1. The standard InChI is InChI=1S/C17H25N3O2/c21-17(14-2-1-7-18-14)20-9-4-15-16(20)3-8-19(15)12-13-5-10-22-11-6-13/h1-2,7,13,15-16,18H,3-6,8-12H2/t15-,16+/m0/s1. The second-order valence-electron chi connectivity index (χ2n) is 6.85. The summed E-state index contributed by atoms with van der Waals surface area (Å²) < 4.78 is 5.47. The van der Waals surface area contributed by atoms with E-state index in [1.54, 1.807) is 0 Å². The maximum atomic E-state index is 12.6. The van der Waals surface area contributed by atoms with E-state index in [0.717, 1.165) is 50.8 Å². The zero-order chi connectivity index (χ0) is 14.9. The van der Waals surface area contributed by atoms with Crippen molar-refractivity contribution < 1.29 is 9.53 Å². The Morgan fingerprint density at radius 3 is 2.77 bits per heavy atom. The number of fused-ring (bicyclic) bond motifs is 1. The third-order valence-electron chi connectivity index (χ3n) is 5.61. The van der Waals surface area contributed by atoms with Gasteiger partial charge in [0.05, 0.1) is 0 Å². The van der Waals surface area contributed by atoms with Crippen LogP contribution in [0, 0.1) is 5.92 Å². The van der Waals surface area contributed by atoms with E-state index < -0.39 is 0 Å². The van der Waals surface area contributed by atoms with Gasteiger partial charge in [-0.15, -0.1) is 0 Å². The molecule has 5 nitrogen and oxygen atoms in total. The molecule has 3 aliphatic rings. The van der Waals surface area contributed by atoms with Crippen LogP contribution in [-0.4, -0.2) is 65.6 Å². The van der Waals surface area contributed by atoms with Crippen LogP contribution in [0.2, 0.25) is 0 Å². The van der Waals surface area contributed by atoms with Crippen LogP contribution in [0.25, 0.3) is 0 Å². The van der Waals surface area contributed by atoms with Gasteiger partial charge in [0, 0.05) is 51.1 Å². The maximum absolute atomic E-state index is 12.6. The Kier molecular flexibility index (Phi) is 3.92. The number of hydrogen-bond donors (Lipinski definition) is 1. The molecule has 5 heteroatoms. The first-order valence-corrected chi connectivity index (χ1v) is 8.59. The lowest BCUT2D eigenvalue weighted by molar-refractivity contribution is 0.0502. The van der Waals surface area contributed by atoms with Gasteiger partial charge < -0.3 is 14.6 Å². The van der Waals surface area contributed by atoms with Crippen LogP contribution in [0.15, 0.2) is 18.3 Å². The van der Waals surface area contributed by atoms with Gasteiger partial charge in [-0.3, -0.25) is 9.69 Å². The highest BCUT2D eigenvalue weighted by Gasteiger charge is 2.44. The Hall–Kier alpha value is -1.33. The van der Waals surface area contributed by atoms with Crippen molar-refractivity contribution in [1.82, 2.24) is 14.8 Å². The zero-order valence-corrected chi connectivity index (χ0v) is 13.0. The van der Waals surface area contributed by atoms with Gasteiger partial charge in [-0.1, -0.05) is 0 Å². The maximum Gasteiger partial charge on any atom is 0.270 e. The Labute approximate surface area is 131 Å². The van der Waals surface area contributed by atoms with E-state index in [0.29, 0.717) is 12.1 Å². The number of aromatic amines is 1. The fourth-order valence-electron chi connectivity index (χ4n) is 4.43. The van der Waals surface area contributed by atoms with Crippen LogP contribution in [0.4, 0.5) is 0 Å². The van der Waals surface area contributed by atoms with Gasteiger partial charge in [0.15, 0.2) is 0 Å². The molecule has 0 unspecified atom stereocenters. The Bertz CT molecular complexity index is 510. The number of amides is 1. The van der Waals surface area contributed by atoms with Crippen molar-refractivity contribution in [2.75, 3.05) is 32.8 Å². The summed E-state index contributed by atoms with van der Waals surface area (Å²) in [6.45, 7) is 5.07. The molecule has 3 aliphatic heterocycles. The molecule has 120 valence electrons. The molecule has 0 radical (unpaired) electrons. The number of nitrogens with zero attached hydrogens (tertiary/aromatic N) is 2. The molecule has 0 spiro atoms. The second kappa shape index (κ2) is 6.05. The molecule has 3 fully saturated rings. The number of ether oxygens (including phenoxy) is 1. The Morgan fingerprint density at radius 2 is 2.00 bits per heavy atom. The molecule has 1 amide bonds. The lowest BCUT2D eigenvalue weighted by Crippen LogP contribution is -2.41. The van der Waals surface area contributed by atoms with E-state index in [4.69, 9.17) is 4.74 Å². The summed E-state index contributed by atoms with van der Waals surface area (Å²) in [7, 11) is 0. The van der Waals surface area contributed by atoms with Gasteiger partial charge in [-0.25, -0.2) is 0 Å². The quantitative estimate of drug-likeness (QED) is 0.925. The number of nitrogens with one attached hydrogen (secondary N) is 1. The van der Waals surface area contributed by atoms with Crippen LogP contribution < -0.4 is 0 Å². The van der Waals surface area contributed by atoms with Crippen molar-refractivity contribution in [2.45, 2.75) is 37.8 Å². The molecule has 2 atom stereocenters. The minimum absolute atomic E-state index is 0.172. The number of H-pyrrole nitrogens is 1. The summed E-state index contributed by atoms with van der Waals surface area (Å²) >= 11 is 0. The van der Waals surface area contributed by atoms with E-state index in [-0.39, 0.29) is 5.91 Å². The first-order valence-electron chi connectivity index (χ1n) is 8.59. The highest BCUT2D eigenvalue weighted by atomic mass is 16.5. The number of likely N-dealkylation sites (tertiary alicyclic amines) is 2. The monoisotopic (exact) mass is 303 g/mol. The predicted octanol–water partition coefficient (Wildman–Crippen LogP) is 1.73. The van der Waals surface area contributed by atoms with Crippen molar-refractivity contribution >= 4 is 5.91 Å². The lowest BCUT2D eigenvalue weighted by atomic mass is 9.99. The summed E-state index contributed by atoms with van der Waals surface area (Å²) in [6.07, 6.45) is 6.46. The Balaban J connectivity index is 1.39. The van der Waals surface area contributed by atoms with E-state index >= 15 is 0 Å². The van der Waals surface area contributed by atoms with E-state index in [1.165, 1.54) is 19.4 Å². The van der Waals surface area contributed by atoms with Gasteiger partial charge in [0.25, 0.3) is 5.91 Å². The third kappa shape index (κ3) is 2.57. The van der Waals surface area contributed by atoms with E-state index in [2.05, 4.69) is 14.8 Å². The zero-order valence-electron chi connectivity index (χ0n) is 13.0. The second-order valence-corrected chi connectivity index (χ2v) is 6.85. The van der Waals surface area contributed by atoms with Crippen molar-refractivity contribution in [3.05, 3.63) is 24.0 Å². The minimum atomic E-state index is 0.172. The summed E-state index contributed by atoms with van der Waals surface area (Å²) in [5, 5.41) is 0. The summed E-state index contributed by atoms with van der Waals surface area (Å²) in [5.41, 5.74) is 0.725. The number of carbonyl (C=O) groups is 1. The minimum Gasteiger partial charge on any atom is -0.381 e. The molecule has 4 rings (SSSR count). The molecular formula is C17H25N3O2. The molecule has 3 saturated heterocycles. The van der Waals surface area contributed by atoms with Gasteiger partial charge >= 0.3 is 0 Å². The number of aromatic nitrogens is 1. The van der Waals surface area contributed by atoms with Crippen molar-refractivity contribution in [2.24, 2.45) is 5.92 Å². The van der Waals surface area contributed by atoms with Gasteiger partial charge in [0.1, 0.15) is 5.69 Å². The largest absolute Gasteiger partial charge is 0.381 e. The summed E-state index contributed by atoms with van der Waals surface area (Å²) in [6, 6.07) is 4.76. The molecule has 0 bridgehead atoms. The smallest absolute Gasteiger partial charge is 0.270 e. The first-order chi connectivity index (χ1) is 10.8. The fraction of sp³-hybridized carbons (Fsp3) is 0.706. The summed E-state index contributed by atoms with van der Waals surface area (Å²) in [5.74, 6) is 0.950. The molecule has 0 aromatic carbocycles. The van der Waals surface area contributed by atoms with Gasteiger partial charge in [-0.05, 0) is 43.7 Å². The van der Waals surface area contributed by atoms with E-state index in [1.807, 2.05) is 18.3 Å². The molecule has 22 heavy (non-hydrogen) atoms. The number of rotatable bonds is 3. The average Bonchev–Trinajstić information content (AvgIpc) is 3.26.